The highest BCUT2D eigenvalue weighted by Crippen LogP contribution is 2.25. The van der Waals surface area contributed by atoms with E-state index in [9.17, 15) is 9.18 Å². The molecule has 0 saturated heterocycles. The molecule has 0 aliphatic heterocycles. The van der Waals surface area contributed by atoms with E-state index in [1.165, 1.54) is 19.2 Å². The number of carbonyl (C=O) groups excluding carboxylic acids is 1. The van der Waals surface area contributed by atoms with Gasteiger partial charge in [0, 0.05) is 0 Å². The Morgan fingerprint density at radius 2 is 2.24 bits per heavy atom. The quantitative estimate of drug-likeness (QED) is 0.911. The second-order valence-electron chi connectivity index (χ2n) is 4.50. The minimum Gasteiger partial charge on any atom is -0.505 e. The summed E-state index contributed by atoms with van der Waals surface area (Å²) >= 11 is 1.15. The second-order valence-corrected chi connectivity index (χ2v) is 5.47. The van der Waals surface area contributed by atoms with Gasteiger partial charge in [0.25, 0.3) is 11.1 Å². The Kier molecular flexibility index (Phi) is 4.42. The molecular formula is C14H15FN2O3S. The number of amides is 1. The van der Waals surface area contributed by atoms with Crippen LogP contribution in [0.3, 0.4) is 0 Å². The van der Waals surface area contributed by atoms with E-state index < -0.39 is 17.6 Å². The van der Waals surface area contributed by atoms with E-state index in [2.05, 4.69) is 10.3 Å². The van der Waals surface area contributed by atoms with Gasteiger partial charge in [-0.3, -0.25) is 4.79 Å². The van der Waals surface area contributed by atoms with Crippen LogP contribution in [0.25, 0.3) is 0 Å². The number of benzene rings is 1. The molecule has 1 heterocycles. The summed E-state index contributed by atoms with van der Waals surface area (Å²) in [7, 11) is 1.49. The number of phenolic OH excluding ortho intramolecular Hbond substituents is 1. The van der Waals surface area contributed by atoms with Crippen LogP contribution in [0.15, 0.2) is 18.2 Å². The Morgan fingerprint density at radius 1 is 1.52 bits per heavy atom. The minimum atomic E-state index is -0.718. The van der Waals surface area contributed by atoms with Crippen molar-refractivity contribution in [2.75, 3.05) is 7.11 Å². The number of rotatable bonds is 4. The van der Waals surface area contributed by atoms with Crippen molar-refractivity contribution in [2.24, 2.45) is 0 Å². The number of aromatic nitrogens is 1. The Labute approximate surface area is 125 Å². The largest absolute Gasteiger partial charge is 0.505 e. The highest BCUT2D eigenvalue weighted by Gasteiger charge is 2.18. The van der Waals surface area contributed by atoms with Gasteiger partial charge in [0.15, 0.2) is 11.6 Å². The number of nitrogens with zero attached hydrogens (tertiary/aromatic N) is 1. The molecule has 1 aromatic carbocycles. The molecule has 0 radical (unpaired) electrons. The van der Waals surface area contributed by atoms with Crippen LogP contribution in [-0.4, -0.2) is 23.1 Å². The van der Waals surface area contributed by atoms with Crippen LogP contribution in [0.1, 0.15) is 33.9 Å². The van der Waals surface area contributed by atoms with Gasteiger partial charge in [-0.2, -0.15) is 0 Å². The number of hydrogen-bond donors (Lipinski definition) is 2. The third-order valence-corrected chi connectivity index (χ3v) is 4.09. The number of aryl methyl sites for hydroxylation is 1. The monoisotopic (exact) mass is 310 g/mol. The number of carbonyl (C=O) groups is 1. The highest BCUT2D eigenvalue weighted by molar-refractivity contribution is 7.15. The molecular weight excluding hydrogens is 295 g/mol. The lowest BCUT2D eigenvalue weighted by Crippen LogP contribution is -2.26. The summed E-state index contributed by atoms with van der Waals surface area (Å²) in [4.78, 5) is 16.7. The lowest BCUT2D eigenvalue weighted by molar-refractivity contribution is 0.0943. The van der Waals surface area contributed by atoms with E-state index in [1.807, 2.05) is 0 Å². The maximum atomic E-state index is 13.3. The molecule has 0 aliphatic carbocycles. The summed E-state index contributed by atoms with van der Waals surface area (Å²) in [5.74, 6) is -1.43. The molecule has 2 N–H and O–H groups in total. The molecule has 0 aliphatic rings. The Bertz CT molecular complexity index is 672. The molecule has 1 atom stereocenters. The Morgan fingerprint density at radius 3 is 2.81 bits per heavy atom. The third kappa shape index (κ3) is 3.30. The molecule has 21 heavy (non-hydrogen) atoms. The van der Waals surface area contributed by atoms with Crippen molar-refractivity contribution in [3.63, 3.8) is 0 Å². The fourth-order valence-electron chi connectivity index (χ4n) is 1.81. The first-order valence-corrected chi connectivity index (χ1v) is 7.04. The fraction of sp³-hybridized carbons (Fsp3) is 0.286. The standard InChI is InChI=1S/C14H15FN2O3S/c1-7(9-4-5-11(18)10(15)6-9)16-13(19)12-8(2)17-14(20-3)21-12/h4-7,18H,1-3H3,(H,16,19)/t7-/m0/s1. The zero-order chi connectivity index (χ0) is 15.6. The predicted molar refractivity (Wildman–Crippen MR) is 77.3 cm³/mol. The van der Waals surface area contributed by atoms with Gasteiger partial charge in [-0.1, -0.05) is 17.4 Å². The maximum Gasteiger partial charge on any atom is 0.273 e. The first-order chi connectivity index (χ1) is 9.92. The van der Waals surface area contributed by atoms with Crippen molar-refractivity contribution in [3.05, 3.63) is 40.2 Å². The summed E-state index contributed by atoms with van der Waals surface area (Å²) in [6.45, 7) is 3.45. The van der Waals surface area contributed by atoms with Crippen LogP contribution in [0.4, 0.5) is 4.39 Å². The number of nitrogens with one attached hydrogen (secondary N) is 1. The van der Waals surface area contributed by atoms with Crippen LogP contribution in [0.2, 0.25) is 0 Å². The highest BCUT2D eigenvalue weighted by atomic mass is 32.1. The molecule has 112 valence electrons. The predicted octanol–water partition coefficient (Wildman–Crippen LogP) is 2.80. The van der Waals surface area contributed by atoms with E-state index in [-0.39, 0.29) is 5.91 Å². The lowest BCUT2D eigenvalue weighted by Gasteiger charge is -2.14. The second kappa shape index (κ2) is 6.09. The molecule has 0 saturated carbocycles. The van der Waals surface area contributed by atoms with Crippen molar-refractivity contribution >= 4 is 17.2 Å². The average molecular weight is 310 g/mol. The van der Waals surface area contributed by atoms with Gasteiger partial charge in [-0.25, -0.2) is 9.37 Å². The van der Waals surface area contributed by atoms with E-state index in [0.29, 0.717) is 21.3 Å². The number of phenols is 1. The summed E-state index contributed by atoms with van der Waals surface area (Å²) in [6.07, 6.45) is 0. The van der Waals surface area contributed by atoms with Crippen molar-refractivity contribution in [1.29, 1.82) is 0 Å². The number of thiazole rings is 1. The summed E-state index contributed by atoms with van der Waals surface area (Å²) in [5.41, 5.74) is 1.14. The Hall–Kier alpha value is -2.15. The molecule has 2 aromatic rings. The molecule has 0 bridgehead atoms. The zero-order valence-corrected chi connectivity index (χ0v) is 12.6. The number of aromatic hydroxyl groups is 1. The zero-order valence-electron chi connectivity index (χ0n) is 11.8. The number of ether oxygens (including phenoxy) is 1. The van der Waals surface area contributed by atoms with Crippen LogP contribution in [-0.2, 0) is 0 Å². The number of methoxy groups -OCH3 is 1. The van der Waals surface area contributed by atoms with Crippen LogP contribution < -0.4 is 10.1 Å². The average Bonchev–Trinajstić information content (AvgIpc) is 2.83. The third-order valence-electron chi connectivity index (χ3n) is 2.98. The minimum absolute atomic E-state index is 0.297. The molecule has 7 heteroatoms. The molecule has 0 fully saturated rings. The topological polar surface area (TPSA) is 71.5 Å². The van der Waals surface area contributed by atoms with Gasteiger partial charge < -0.3 is 15.2 Å². The number of halogens is 1. The van der Waals surface area contributed by atoms with Crippen molar-refractivity contribution < 1.29 is 19.0 Å². The Balaban J connectivity index is 2.14. The molecule has 0 unspecified atom stereocenters. The van der Waals surface area contributed by atoms with Crippen LogP contribution in [0, 0.1) is 12.7 Å². The molecule has 5 nitrogen and oxygen atoms in total. The van der Waals surface area contributed by atoms with Gasteiger partial charge in [0.2, 0.25) is 0 Å². The summed E-state index contributed by atoms with van der Waals surface area (Å²) < 4.78 is 18.3. The van der Waals surface area contributed by atoms with Crippen molar-refractivity contribution in [2.45, 2.75) is 19.9 Å². The molecule has 1 aromatic heterocycles. The van der Waals surface area contributed by atoms with E-state index in [1.54, 1.807) is 19.9 Å². The van der Waals surface area contributed by atoms with E-state index in [4.69, 9.17) is 9.84 Å². The van der Waals surface area contributed by atoms with Gasteiger partial charge in [0.1, 0.15) is 4.88 Å². The van der Waals surface area contributed by atoms with Crippen LogP contribution in [0.5, 0.6) is 10.9 Å². The van der Waals surface area contributed by atoms with Crippen molar-refractivity contribution in [3.8, 4) is 10.9 Å². The van der Waals surface area contributed by atoms with E-state index in [0.717, 1.165) is 11.3 Å². The smallest absolute Gasteiger partial charge is 0.273 e. The molecule has 0 spiro atoms. The fourth-order valence-corrected chi connectivity index (χ4v) is 2.59. The normalized spacial score (nSPS) is 12.0. The van der Waals surface area contributed by atoms with Gasteiger partial charge >= 0.3 is 0 Å². The van der Waals surface area contributed by atoms with Crippen molar-refractivity contribution in [1.82, 2.24) is 10.3 Å². The summed E-state index contributed by atoms with van der Waals surface area (Å²) in [6, 6.07) is 3.61. The van der Waals surface area contributed by atoms with Gasteiger partial charge in [-0.15, -0.1) is 0 Å². The van der Waals surface area contributed by atoms with Gasteiger partial charge in [-0.05, 0) is 31.5 Å². The maximum absolute atomic E-state index is 13.3. The first-order valence-electron chi connectivity index (χ1n) is 6.23. The summed E-state index contributed by atoms with van der Waals surface area (Å²) in [5, 5.41) is 12.4. The first kappa shape index (κ1) is 15.2. The molecule has 2 rings (SSSR count). The van der Waals surface area contributed by atoms with E-state index >= 15 is 0 Å². The number of hydrogen-bond acceptors (Lipinski definition) is 5. The SMILES string of the molecule is COc1nc(C)c(C(=O)N[C@@H](C)c2ccc(O)c(F)c2)s1. The lowest BCUT2D eigenvalue weighted by atomic mass is 10.1. The van der Waals surface area contributed by atoms with Gasteiger partial charge in [0.05, 0.1) is 18.8 Å². The van der Waals surface area contributed by atoms with Crippen LogP contribution >= 0.6 is 11.3 Å². The molecule has 1 amide bonds.